The molecule has 1 aromatic carbocycles. The molecule has 0 aliphatic carbocycles. The third-order valence-corrected chi connectivity index (χ3v) is 3.55. The molecule has 0 N–H and O–H groups in total. The van der Waals surface area contributed by atoms with E-state index in [4.69, 9.17) is 11.6 Å². The topological polar surface area (TPSA) is 54.5 Å². The van der Waals surface area contributed by atoms with Crippen molar-refractivity contribution < 1.29 is 14.4 Å². The van der Waals surface area contributed by atoms with Crippen LogP contribution in [0.5, 0.6) is 0 Å². The molecular weight excluding hydrogens is 254 g/mol. The molecule has 0 bridgehead atoms. The van der Waals surface area contributed by atoms with Crippen LogP contribution >= 0.6 is 11.6 Å². The number of hydrogen-bond donors (Lipinski definition) is 0. The minimum atomic E-state index is -0.956. The number of rotatable bonds is 2. The van der Waals surface area contributed by atoms with E-state index in [1.54, 1.807) is 24.3 Å². The zero-order valence-electron chi connectivity index (χ0n) is 10.0. The number of carbonyl (C=O) groups is 3. The molecule has 2 rings (SSSR count). The van der Waals surface area contributed by atoms with Crippen molar-refractivity contribution in [1.29, 1.82) is 0 Å². The number of likely N-dealkylation sites (N-methyl/N-ethyl adjacent to an activating group) is 1. The Kier molecular flexibility index (Phi) is 3.22. The van der Waals surface area contributed by atoms with Crippen LogP contribution in [0.4, 0.5) is 0 Å². The molecule has 18 heavy (non-hydrogen) atoms. The predicted octanol–water partition coefficient (Wildman–Crippen LogP) is 1.63. The van der Waals surface area contributed by atoms with Gasteiger partial charge in [-0.05, 0) is 18.6 Å². The summed E-state index contributed by atoms with van der Waals surface area (Å²) in [4.78, 5) is 36.4. The van der Waals surface area contributed by atoms with E-state index in [0.29, 0.717) is 10.6 Å². The van der Waals surface area contributed by atoms with Crippen molar-refractivity contribution in [3.8, 4) is 0 Å². The lowest BCUT2D eigenvalue weighted by Gasteiger charge is -2.23. The molecule has 2 unspecified atom stereocenters. The second kappa shape index (κ2) is 4.53. The summed E-state index contributed by atoms with van der Waals surface area (Å²) in [7, 11) is 1.51. The highest BCUT2D eigenvalue weighted by Gasteiger charge is 2.49. The Labute approximate surface area is 110 Å². The van der Waals surface area contributed by atoms with Gasteiger partial charge in [-0.3, -0.25) is 14.4 Å². The minimum Gasteiger partial charge on any atom is -0.331 e. The largest absolute Gasteiger partial charge is 0.331 e. The van der Waals surface area contributed by atoms with E-state index in [2.05, 4.69) is 0 Å². The van der Waals surface area contributed by atoms with Crippen LogP contribution in [0.2, 0.25) is 5.02 Å². The normalized spacial score (nSPS) is 23.6. The van der Waals surface area contributed by atoms with Crippen molar-refractivity contribution in [3.05, 3.63) is 34.9 Å². The van der Waals surface area contributed by atoms with Crippen molar-refractivity contribution in [2.24, 2.45) is 5.92 Å². The number of amides is 1. The molecule has 5 heteroatoms. The van der Waals surface area contributed by atoms with Crippen LogP contribution in [-0.4, -0.2) is 29.4 Å². The van der Waals surface area contributed by atoms with Crippen LogP contribution in [-0.2, 0) is 14.4 Å². The van der Waals surface area contributed by atoms with Gasteiger partial charge in [0.1, 0.15) is 11.7 Å². The van der Waals surface area contributed by atoms with Crippen molar-refractivity contribution >= 4 is 29.1 Å². The van der Waals surface area contributed by atoms with Gasteiger partial charge < -0.3 is 4.90 Å². The lowest BCUT2D eigenvalue weighted by Crippen LogP contribution is -2.26. The molecule has 0 radical (unpaired) electrons. The molecule has 1 aliphatic heterocycles. The van der Waals surface area contributed by atoms with Gasteiger partial charge in [0.05, 0.1) is 6.04 Å². The predicted molar refractivity (Wildman–Crippen MR) is 66.1 cm³/mol. The summed E-state index contributed by atoms with van der Waals surface area (Å²) >= 11 is 6.07. The van der Waals surface area contributed by atoms with Crippen LogP contribution < -0.4 is 0 Å². The summed E-state index contributed by atoms with van der Waals surface area (Å²) in [6.07, 6.45) is 0. The van der Waals surface area contributed by atoms with Gasteiger partial charge in [0.25, 0.3) is 5.91 Å². The molecule has 0 aromatic heterocycles. The zero-order chi connectivity index (χ0) is 13.4. The van der Waals surface area contributed by atoms with E-state index in [-0.39, 0.29) is 5.78 Å². The summed E-state index contributed by atoms with van der Waals surface area (Å²) in [5, 5.41) is 0.447. The van der Waals surface area contributed by atoms with E-state index in [0.717, 1.165) is 0 Å². The molecule has 1 saturated heterocycles. The van der Waals surface area contributed by atoms with Crippen LogP contribution in [0.15, 0.2) is 24.3 Å². The monoisotopic (exact) mass is 265 g/mol. The Morgan fingerprint density at radius 2 is 1.89 bits per heavy atom. The standard InChI is InChI=1S/C13H12ClNO3/c1-7(16)10-11(15(2)13(18)12(10)17)8-5-3-4-6-9(8)14/h3-6,10-11H,1-2H3. The first kappa shape index (κ1) is 12.8. The van der Waals surface area contributed by atoms with E-state index < -0.39 is 23.7 Å². The number of carbonyl (C=O) groups excluding carboxylic acids is 3. The molecular formula is C13H12ClNO3. The fourth-order valence-electron chi connectivity index (χ4n) is 2.31. The maximum atomic E-state index is 11.8. The maximum Gasteiger partial charge on any atom is 0.291 e. The van der Waals surface area contributed by atoms with E-state index in [9.17, 15) is 14.4 Å². The highest BCUT2D eigenvalue weighted by atomic mass is 35.5. The summed E-state index contributed by atoms with van der Waals surface area (Å²) in [6.45, 7) is 1.32. The van der Waals surface area contributed by atoms with Crippen molar-refractivity contribution in [2.75, 3.05) is 7.05 Å². The highest BCUT2D eigenvalue weighted by Crippen LogP contribution is 2.38. The lowest BCUT2D eigenvalue weighted by atomic mass is 9.90. The average molecular weight is 266 g/mol. The van der Waals surface area contributed by atoms with Crippen LogP contribution in [0.25, 0.3) is 0 Å². The summed E-state index contributed by atoms with van der Waals surface area (Å²) in [5.41, 5.74) is 0.626. The van der Waals surface area contributed by atoms with Gasteiger partial charge in [-0.15, -0.1) is 0 Å². The zero-order valence-corrected chi connectivity index (χ0v) is 10.8. The van der Waals surface area contributed by atoms with Gasteiger partial charge in [-0.2, -0.15) is 0 Å². The fraction of sp³-hybridized carbons (Fsp3) is 0.308. The molecule has 1 fully saturated rings. The van der Waals surface area contributed by atoms with Crippen LogP contribution in [0.1, 0.15) is 18.5 Å². The average Bonchev–Trinajstić information content (AvgIpc) is 2.54. The quantitative estimate of drug-likeness (QED) is 0.603. The van der Waals surface area contributed by atoms with Gasteiger partial charge >= 0.3 is 0 Å². The Bertz CT molecular complexity index is 541. The lowest BCUT2D eigenvalue weighted by molar-refractivity contribution is -0.141. The van der Waals surface area contributed by atoms with E-state index >= 15 is 0 Å². The molecule has 1 heterocycles. The van der Waals surface area contributed by atoms with Crippen molar-refractivity contribution in [1.82, 2.24) is 4.90 Å². The number of nitrogens with zero attached hydrogens (tertiary/aromatic N) is 1. The van der Waals surface area contributed by atoms with Crippen molar-refractivity contribution in [3.63, 3.8) is 0 Å². The van der Waals surface area contributed by atoms with Crippen molar-refractivity contribution in [2.45, 2.75) is 13.0 Å². The summed E-state index contributed by atoms with van der Waals surface area (Å²) in [5.74, 6) is -2.57. The second-order valence-electron chi connectivity index (χ2n) is 4.33. The molecule has 0 saturated carbocycles. The SMILES string of the molecule is CC(=O)C1C(=O)C(=O)N(C)C1c1ccccc1Cl. The molecule has 1 aromatic rings. The van der Waals surface area contributed by atoms with Gasteiger partial charge in [0.15, 0.2) is 0 Å². The molecule has 4 nitrogen and oxygen atoms in total. The smallest absolute Gasteiger partial charge is 0.291 e. The Balaban J connectivity index is 2.54. The van der Waals surface area contributed by atoms with Gasteiger partial charge in [0.2, 0.25) is 5.78 Å². The van der Waals surface area contributed by atoms with Crippen LogP contribution in [0.3, 0.4) is 0 Å². The number of ketones is 2. The first-order chi connectivity index (χ1) is 8.45. The number of halogens is 1. The summed E-state index contributed by atoms with van der Waals surface area (Å²) < 4.78 is 0. The second-order valence-corrected chi connectivity index (χ2v) is 4.74. The van der Waals surface area contributed by atoms with Gasteiger partial charge in [-0.25, -0.2) is 0 Å². The maximum absolute atomic E-state index is 11.8. The molecule has 1 aliphatic rings. The molecule has 2 atom stereocenters. The third kappa shape index (κ3) is 1.82. The summed E-state index contributed by atoms with van der Waals surface area (Å²) in [6, 6.07) is 6.32. The molecule has 1 amide bonds. The van der Waals surface area contributed by atoms with E-state index in [1.165, 1.54) is 18.9 Å². The Morgan fingerprint density at radius 3 is 2.44 bits per heavy atom. The Hall–Kier alpha value is -1.68. The number of Topliss-reactive ketones (excluding diaryl/α,β-unsaturated/α-hetero) is 2. The van der Waals surface area contributed by atoms with Gasteiger partial charge in [0, 0.05) is 12.1 Å². The molecule has 94 valence electrons. The Morgan fingerprint density at radius 1 is 1.28 bits per heavy atom. The molecule has 0 spiro atoms. The fourth-order valence-corrected chi connectivity index (χ4v) is 2.56. The minimum absolute atomic E-state index is 0.317. The van der Waals surface area contributed by atoms with Crippen LogP contribution in [0, 0.1) is 5.92 Å². The number of likely N-dealkylation sites (tertiary alicyclic amines) is 1. The third-order valence-electron chi connectivity index (χ3n) is 3.21. The number of benzene rings is 1. The van der Waals surface area contributed by atoms with E-state index in [1.807, 2.05) is 0 Å². The first-order valence-corrected chi connectivity index (χ1v) is 5.89. The number of hydrogen-bond acceptors (Lipinski definition) is 3. The highest BCUT2D eigenvalue weighted by molar-refractivity contribution is 6.43. The first-order valence-electron chi connectivity index (χ1n) is 5.51. The van der Waals surface area contributed by atoms with Gasteiger partial charge in [-0.1, -0.05) is 29.8 Å².